The van der Waals surface area contributed by atoms with E-state index in [-0.39, 0.29) is 24.4 Å². The van der Waals surface area contributed by atoms with Crippen LogP contribution in [0.25, 0.3) is 0 Å². The molecule has 0 spiro atoms. The Kier molecular flexibility index (Phi) is 3.64. The van der Waals surface area contributed by atoms with Crippen molar-refractivity contribution in [3.05, 3.63) is 29.8 Å². The lowest BCUT2D eigenvalue weighted by atomic mass is 10.1. The second kappa shape index (κ2) is 4.94. The minimum absolute atomic E-state index is 0.0394. The molecule has 6 heteroatoms. The lowest BCUT2D eigenvalue weighted by Gasteiger charge is -2.30. The molecule has 0 fully saturated rings. The first-order valence-electron chi connectivity index (χ1n) is 6.12. The normalized spacial score (nSPS) is 20.7. The number of fused-ring (bicyclic) bond motifs is 1. The minimum atomic E-state index is -3.30. The van der Waals surface area contributed by atoms with E-state index < -0.39 is 15.8 Å². The number of hydrogen-bond donors (Lipinski definition) is 1. The zero-order valence-corrected chi connectivity index (χ0v) is 11.7. The van der Waals surface area contributed by atoms with Crippen molar-refractivity contribution in [1.29, 1.82) is 0 Å². The van der Waals surface area contributed by atoms with Crippen molar-refractivity contribution in [2.45, 2.75) is 30.8 Å². The summed E-state index contributed by atoms with van der Waals surface area (Å²) >= 11 is 0. The van der Waals surface area contributed by atoms with Gasteiger partial charge in [-0.2, -0.15) is 0 Å². The highest BCUT2D eigenvalue weighted by atomic mass is 32.2. The Hall–Kier alpha value is -1.40. The molecule has 1 aliphatic heterocycles. The molecule has 0 bridgehead atoms. The molecule has 19 heavy (non-hydrogen) atoms. The van der Waals surface area contributed by atoms with Crippen molar-refractivity contribution in [3.63, 3.8) is 0 Å². The van der Waals surface area contributed by atoms with E-state index in [2.05, 4.69) is 0 Å². The second-order valence-electron chi connectivity index (χ2n) is 4.99. The molecule has 1 aromatic carbocycles. The van der Waals surface area contributed by atoms with Gasteiger partial charge in [0.1, 0.15) is 0 Å². The Morgan fingerprint density at radius 3 is 2.63 bits per heavy atom. The van der Waals surface area contributed by atoms with Crippen LogP contribution in [0.15, 0.2) is 29.2 Å². The van der Waals surface area contributed by atoms with Crippen molar-refractivity contribution in [2.24, 2.45) is 0 Å². The molecule has 0 radical (unpaired) electrons. The summed E-state index contributed by atoms with van der Waals surface area (Å²) in [6, 6.07) is 6.41. The van der Waals surface area contributed by atoms with Crippen LogP contribution in [0.3, 0.4) is 0 Å². The quantitative estimate of drug-likeness (QED) is 0.901. The van der Waals surface area contributed by atoms with Gasteiger partial charge in [-0.05, 0) is 25.5 Å². The summed E-state index contributed by atoms with van der Waals surface area (Å²) < 4.78 is 24.2. The van der Waals surface area contributed by atoms with Crippen molar-refractivity contribution in [2.75, 3.05) is 12.3 Å². The van der Waals surface area contributed by atoms with E-state index in [9.17, 15) is 13.2 Å². The summed E-state index contributed by atoms with van der Waals surface area (Å²) in [6.45, 7) is 3.58. The van der Waals surface area contributed by atoms with E-state index in [1.807, 2.05) is 13.8 Å². The Labute approximate surface area is 112 Å². The first kappa shape index (κ1) is 14.0. The van der Waals surface area contributed by atoms with Crippen LogP contribution in [-0.2, 0) is 14.6 Å². The van der Waals surface area contributed by atoms with Crippen LogP contribution in [-0.4, -0.2) is 42.7 Å². The van der Waals surface area contributed by atoms with Gasteiger partial charge in [0, 0.05) is 6.04 Å². The van der Waals surface area contributed by atoms with E-state index >= 15 is 0 Å². The van der Waals surface area contributed by atoms with Crippen molar-refractivity contribution < 1.29 is 18.3 Å². The van der Waals surface area contributed by atoms with Crippen LogP contribution in [0.2, 0.25) is 0 Å². The lowest BCUT2D eigenvalue weighted by molar-refractivity contribution is -0.139. The monoisotopic (exact) mass is 283 g/mol. The SMILES string of the molecule is CC(C)N(CC(=O)O)C1CS(=O)(=O)c2ccccc21. The molecule has 5 nitrogen and oxygen atoms in total. The van der Waals surface area contributed by atoms with Crippen LogP contribution >= 0.6 is 0 Å². The number of nitrogens with zero attached hydrogens (tertiary/aromatic N) is 1. The van der Waals surface area contributed by atoms with Crippen molar-refractivity contribution in [1.82, 2.24) is 4.90 Å². The minimum Gasteiger partial charge on any atom is -0.480 e. The third-order valence-corrected chi connectivity index (χ3v) is 5.17. The Morgan fingerprint density at radius 1 is 1.42 bits per heavy atom. The number of sulfone groups is 1. The number of rotatable bonds is 4. The van der Waals surface area contributed by atoms with E-state index in [0.29, 0.717) is 10.5 Å². The number of carbonyl (C=O) groups is 1. The van der Waals surface area contributed by atoms with Crippen molar-refractivity contribution in [3.8, 4) is 0 Å². The van der Waals surface area contributed by atoms with Gasteiger partial charge in [-0.1, -0.05) is 18.2 Å². The molecule has 1 aliphatic rings. The first-order valence-corrected chi connectivity index (χ1v) is 7.77. The maximum atomic E-state index is 12.1. The molecule has 0 saturated heterocycles. The van der Waals surface area contributed by atoms with E-state index in [4.69, 9.17) is 5.11 Å². The van der Waals surface area contributed by atoms with Crippen LogP contribution in [0.1, 0.15) is 25.5 Å². The maximum absolute atomic E-state index is 12.1. The van der Waals surface area contributed by atoms with Gasteiger partial charge in [-0.3, -0.25) is 9.69 Å². The summed E-state index contributed by atoms with van der Waals surface area (Å²) in [5.74, 6) is -0.992. The largest absolute Gasteiger partial charge is 0.480 e. The molecule has 0 aliphatic carbocycles. The molecule has 2 rings (SSSR count). The Morgan fingerprint density at radius 2 is 2.05 bits per heavy atom. The van der Waals surface area contributed by atoms with Crippen LogP contribution < -0.4 is 0 Å². The molecule has 1 N–H and O–H groups in total. The average Bonchev–Trinajstić information content (AvgIpc) is 2.59. The summed E-state index contributed by atoms with van der Waals surface area (Å²) in [6.07, 6.45) is 0. The highest BCUT2D eigenvalue weighted by Gasteiger charge is 2.39. The molecule has 0 saturated carbocycles. The lowest BCUT2D eigenvalue weighted by Crippen LogP contribution is -2.39. The highest BCUT2D eigenvalue weighted by molar-refractivity contribution is 7.91. The van der Waals surface area contributed by atoms with E-state index in [1.54, 1.807) is 29.2 Å². The second-order valence-corrected chi connectivity index (χ2v) is 7.00. The van der Waals surface area contributed by atoms with E-state index in [1.165, 1.54) is 0 Å². The number of benzene rings is 1. The molecule has 1 atom stereocenters. The molecule has 1 heterocycles. The van der Waals surface area contributed by atoms with Gasteiger partial charge < -0.3 is 5.11 Å². The standard InChI is InChI=1S/C13H17NO4S/c1-9(2)14(7-13(15)16)11-8-19(17,18)12-6-4-3-5-10(11)12/h3-6,9,11H,7-8H2,1-2H3,(H,15,16). The topological polar surface area (TPSA) is 74.7 Å². The highest BCUT2D eigenvalue weighted by Crippen LogP contribution is 2.37. The molecule has 104 valence electrons. The van der Waals surface area contributed by atoms with Gasteiger partial charge in [-0.25, -0.2) is 8.42 Å². The fourth-order valence-corrected chi connectivity index (χ4v) is 4.33. The maximum Gasteiger partial charge on any atom is 0.317 e. The molecule has 0 amide bonds. The number of aliphatic carboxylic acids is 1. The molecular weight excluding hydrogens is 266 g/mol. The zero-order valence-electron chi connectivity index (χ0n) is 10.9. The number of carboxylic acids is 1. The number of hydrogen-bond acceptors (Lipinski definition) is 4. The third-order valence-electron chi connectivity index (χ3n) is 3.37. The van der Waals surface area contributed by atoms with Gasteiger partial charge >= 0.3 is 5.97 Å². The van der Waals surface area contributed by atoms with E-state index in [0.717, 1.165) is 0 Å². The van der Waals surface area contributed by atoms with Crippen LogP contribution in [0.5, 0.6) is 0 Å². The van der Waals surface area contributed by atoms with Crippen molar-refractivity contribution >= 4 is 15.8 Å². The van der Waals surface area contributed by atoms with Gasteiger partial charge in [0.25, 0.3) is 0 Å². The van der Waals surface area contributed by atoms with Gasteiger partial charge in [0.2, 0.25) is 0 Å². The Balaban J connectivity index is 2.44. The molecule has 0 aromatic heterocycles. The zero-order chi connectivity index (χ0) is 14.2. The predicted octanol–water partition coefficient (Wildman–Crippen LogP) is 1.31. The molecule has 1 aromatic rings. The Bertz CT molecular complexity index is 594. The smallest absolute Gasteiger partial charge is 0.317 e. The van der Waals surface area contributed by atoms with Crippen LogP contribution in [0, 0.1) is 0 Å². The van der Waals surface area contributed by atoms with Crippen LogP contribution in [0.4, 0.5) is 0 Å². The third kappa shape index (κ3) is 2.64. The van der Waals surface area contributed by atoms with Gasteiger partial charge in [-0.15, -0.1) is 0 Å². The first-order chi connectivity index (χ1) is 8.83. The van der Waals surface area contributed by atoms with Gasteiger partial charge in [0.15, 0.2) is 9.84 Å². The molecule has 1 unspecified atom stereocenters. The molecular formula is C13H17NO4S. The summed E-state index contributed by atoms with van der Waals surface area (Å²) in [5, 5.41) is 8.98. The number of carboxylic acid groups (broad SMARTS) is 1. The fraction of sp³-hybridized carbons (Fsp3) is 0.462. The fourth-order valence-electron chi connectivity index (χ4n) is 2.51. The predicted molar refractivity (Wildman–Crippen MR) is 70.7 cm³/mol. The van der Waals surface area contributed by atoms with Gasteiger partial charge in [0.05, 0.1) is 23.2 Å². The summed E-state index contributed by atoms with van der Waals surface area (Å²) in [7, 11) is -3.30. The average molecular weight is 283 g/mol. The summed E-state index contributed by atoms with van der Waals surface area (Å²) in [4.78, 5) is 13.0. The summed E-state index contributed by atoms with van der Waals surface area (Å²) in [5.41, 5.74) is 0.706.